The zero-order valence-electron chi connectivity index (χ0n) is 18.8. The van der Waals surface area contributed by atoms with E-state index < -0.39 is 23.8 Å². The molecule has 0 bridgehead atoms. The fourth-order valence-electron chi connectivity index (χ4n) is 3.36. The van der Waals surface area contributed by atoms with Crippen LogP contribution >= 0.6 is 11.6 Å². The van der Waals surface area contributed by atoms with Crippen molar-refractivity contribution >= 4 is 47.1 Å². The maximum Gasteiger partial charge on any atom is 0.335 e. The molecule has 0 atom stereocenters. The van der Waals surface area contributed by atoms with Crippen molar-refractivity contribution in [3.63, 3.8) is 0 Å². The summed E-state index contributed by atoms with van der Waals surface area (Å²) in [5.74, 6) is -1.54. The smallest absolute Gasteiger partial charge is 0.335 e. The minimum absolute atomic E-state index is 0.147. The second-order valence-electron chi connectivity index (χ2n) is 7.67. The van der Waals surface area contributed by atoms with Crippen LogP contribution < -0.4 is 25.4 Å². The van der Waals surface area contributed by atoms with Crippen molar-refractivity contribution in [1.82, 2.24) is 5.32 Å². The summed E-state index contributed by atoms with van der Waals surface area (Å²) >= 11 is 6.16. The molecule has 0 aliphatic carbocycles. The second-order valence-corrected chi connectivity index (χ2v) is 8.08. The maximum atomic E-state index is 13.1. The summed E-state index contributed by atoms with van der Waals surface area (Å²) in [7, 11) is 0. The number of rotatable bonds is 8. The Kier molecular flexibility index (Phi) is 7.31. The van der Waals surface area contributed by atoms with Crippen LogP contribution in [0.1, 0.15) is 11.1 Å². The third-order valence-electron chi connectivity index (χ3n) is 5.08. The van der Waals surface area contributed by atoms with Crippen LogP contribution in [0.2, 0.25) is 5.02 Å². The number of hydrogen-bond donors (Lipinski definition) is 2. The Morgan fingerprint density at radius 3 is 2.36 bits per heavy atom. The average molecular weight is 506 g/mol. The van der Waals surface area contributed by atoms with E-state index in [1.807, 2.05) is 30.3 Å². The Hall–Kier alpha value is -4.63. The van der Waals surface area contributed by atoms with Crippen LogP contribution in [0, 0.1) is 0 Å². The number of carbonyl (C=O) groups excluding carboxylic acids is 4. The van der Waals surface area contributed by atoms with Crippen LogP contribution in [0.15, 0.2) is 78.4 Å². The van der Waals surface area contributed by atoms with Gasteiger partial charge >= 0.3 is 6.03 Å². The van der Waals surface area contributed by atoms with Crippen LogP contribution in [0.25, 0.3) is 6.08 Å². The lowest BCUT2D eigenvalue weighted by atomic mass is 10.1. The van der Waals surface area contributed by atoms with E-state index >= 15 is 0 Å². The number of barbiturate groups is 1. The van der Waals surface area contributed by atoms with Gasteiger partial charge in [-0.05, 0) is 53.6 Å². The Bertz CT molecular complexity index is 1360. The van der Waals surface area contributed by atoms with E-state index in [0.717, 1.165) is 10.5 Å². The highest BCUT2D eigenvalue weighted by Crippen LogP contribution is 2.28. The molecule has 1 aliphatic heterocycles. The Balaban J connectivity index is 1.51. The van der Waals surface area contributed by atoms with Crippen molar-refractivity contribution in [2.24, 2.45) is 5.73 Å². The van der Waals surface area contributed by atoms with Gasteiger partial charge in [0, 0.05) is 0 Å². The summed E-state index contributed by atoms with van der Waals surface area (Å²) in [6.45, 7) is 0.00777. The van der Waals surface area contributed by atoms with Gasteiger partial charge in [-0.2, -0.15) is 0 Å². The molecule has 10 heteroatoms. The first-order chi connectivity index (χ1) is 17.3. The van der Waals surface area contributed by atoms with E-state index in [9.17, 15) is 19.2 Å². The van der Waals surface area contributed by atoms with Gasteiger partial charge in [0.05, 0.1) is 10.7 Å². The first kappa shape index (κ1) is 24.5. The molecule has 9 nitrogen and oxygen atoms in total. The number of nitrogens with one attached hydrogen (secondary N) is 1. The number of imide groups is 2. The molecule has 0 radical (unpaired) electrons. The molecule has 3 aromatic carbocycles. The zero-order chi connectivity index (χ0) is 25.7. The lowest BCUT2D eigenvalue weighted by Gasteiger charge is -2.26. The topological polar surface area (TPSA) is 128 Å². The molecule has 0 unspecified atom stereocenters. The van der Waals surface area contributed by atoms with Gasteiger partial charge in [0.25, 0.3) is 17.7 Å². The number of anilines is 1. The van der Waals surface area contributed by atoms with E-state index in [0.29, 0.717) is 17.9 Å². The van der Waals surface area contributed by atoms with E-state index in [1.165, 1.54) is 24.3 Å². The monoisotopic (exact) mass is 505 g/mol. The molecule has 36 heavy (non-hydrogen) atoms. The summed E-state index contributed by atoms with van der Waals surface area (Å²) in [5.41, 5.74) is 6.45. The number of primary amides is 1. The molecule has 4 rings (SSSR count). The summed E-state index contributed by atoms with van der Waals surface area (Å²) in [4.78, 5) is 49.8. The highest BCUT2D eigenvalue weighted by Gasteiger charge is 2.36. The third-order valence-corrected chi connectivity index (χ3v) is 5.38. The van der Waals surface area contributed by atoms with Crippen molar-refractivity contribution in [2.75, 3.05) is 11.5 Å². The maximum absolute atomic E-state index is 13.1. The molecule has 1 saturated heterocycles. The quantitative estimate of drug-likeness (QED) is 0.356. The van der Waals surface area contributed by atoms with E-state index in [-0.39, 0.29) is 28.6 Å². The van der Waals surface area contributed by atoms with Crippen molar-refractivity contribution in [3.8, 4) is 11.5 Å². The van der Waals surface area contributed by atoms with Crippen LogP contribution in [0.3, 0.4) is 0 Å². The Morgan fingerprint density at radius 2 is 1.69 bits per heavy atom. The molecule has 1 heterocycles. The number of carbonyl (C=O) groups is 4. The normalized spacial score (nSPS) is 14.5. The van der Waals surface area contributed by atoms with Crippen molar-refractivity contribution in [1.29, 1.82) is 0 Å². The third kappa shape index (κ3) is 5.70. The number of benzene rings is 3. The van der Waals surface area contributed by atoms with Crippen LogP contribution in [-0.2, 0) is 21.0 Å². The van der Waals surface area contributed by atoms with E-state index in [2.05, 4.69) is 5.32 Å². The Morgan fingerprint density at radius 1 is 0.972 bits per heavy atom. The van der Waals surface area contributed by atoms with Gasteiger partial charge in [0.1, 0.15) is 23.7 Å². The van der Waals surface area contributed by atoms with Gasteiger partial charge in [-0.3, -0.25) is 19.7 Å². The molecule has 1 fully saturated rings. The van der Waals surface area contributed by atoms with Gasteiger partial charge in [-0.1, -0.05) is 48.0 Å². The van der Waals surface area contributed by atoms with Crippen molar-refractivity contribution < 1.29 is 28.7 Å². The average Bonchev–Trinajstić information content (AvgIpc) is 2.86. The number of ether oxygens (including phenoxy) is 2. The van der Waals surface area contributed by atoms with Gasteiger partial charge in [-0.15, -0.1) is 0 Å². The highest BCUT2D eigenvalue weighted by atomic mass is 35.5. The molecule has 0 spiro atoms. The minimum Gasteiger partial charge on any atom is -0.489 e. The molecule has 1 aliphatic rings. The fraction of sp³-hybridized carbons (Fsp3) is 0.0769. The molecule has 3 N–H and O–H groups in total. The second kappa shape index (κ2) is 10.7. The summed E-state index contributed by atoms with van der Waals surface area (Å²) in [6, 6.07) is 19.6. The number of halogens is 1. The largest absolute Gasteiger partial charge is 0.489 e. The molecule has 182 valence electrons. The first-order valence-electron chi connectivity index (χ1n) is 10.7. The molecular formula is C26H20ClN3O6. The highest BCUT2D eigenvalue weighted by molar-refractivity contribution is 6.39. The lowest BCUT2D eigenvalue weighted by Crippen LogP contribution is -2.54. The predicted octanol–water partition coefficient (Wildman–Crippen LogP) is 3.45. The summed E-state index contributed by atoms with van der Waals surface area (Å²) < 4.78 is 10.9. The van der Waals surface area contributed by atoms with Crippen molar-refractivity contribution in [3.05, 3.63) is 94.5 Å². The zero-order valence-corrected chi connectivity index (χ0v) is 19.5. The minimum atomic E-state index is -0.867. The van der Waals surface area contributed by atoms with E-state index in [4.69, 9.17) is 26.8 Å². The summed E-state index contributed by atoms with van der Waals surface area (Å²) in [6.07, 6.45) is 1.30. The number of hydrogen-bond acceptors (Lipinski definition) is 6. The van der Waals surface area contributed by atoms with Crippen LogP contribution in [0.5, 0.6) is 11.5 Å². The predicted molar refractivity (Wildman–Crippen MR) is 132 cm³/mol. The lowest BCUT2D eigenvalue weighted by molar-refractivity contribution is -0.123. The molecule has 0 aromatic heterocycles. The van der Waals surface area contributed by atoms with Gasteiger partial charge in [-0.25, -0.2) is 9.69 Å². The summed E-state index contributed by atoms with van der Waals surface area (Å²) in [5, 5.41) is 2.31. The fourth-order valence-corrected chi connectivity index (χ4v) is 3.61. The molecular weight excluding hydrogens is 486 g/mol. The molecule has 3 aromatic rings. The van der Waals surface area contributed by atoms with Gasteiger partial charge in [0.15, 0.2) is 6.61 Å². The van der Waals surface area contributed by atoms with Gasteiger partial charge < -0.3 is 15.2 Å². The van der Waals surface area contributed by atoms with Crippen LogP contribution in [0.4, 0.5) is 10.5 Å². The number of nitrogens with zero attached hydrogens (tertiary/aromatic N) is 1. The number of nitrogens with two attached hydrogens (primary N) is 1. The Labute approximate surface area is 211 Å². The number of urea groups is 1. The SMILES string of the molecule is NC(=O)COc1ccc(/C=C2\C(=O)NC(=O)N(c3ccc(OCc4ccccc4)cc3)C2=O)cc1Cl. The molecule has 0 saturated carbocycles. The number of amides is 5. The van der Waals surface area contributed by atoms with Crippen molar-refractivity contribution in [2.45, 2.75) is 6.61 Å². The standard InChI is InChI=1S/C26H20ClN3O6/c27-21-13-17(6-11-22(21)36-15-23(28)31)12-20-24(32)29-26(34)30(25(20)33)18-7-9-19(10-8-18)35-14-16-4-2-1-3-5-16/h1-13H,14-15H2,(H2,28,31)(H,29,32,34)/b20-12+. The van der Waals surface area contributed by atoms with Gasteiger partial charge in [0.2, 0.25) is 0 Å². The molecule has 5 amide bonds. The van der Waals surface area contributed by atoms with E-state index in [1.54, 1.807) is 24.3 Å². The first-order valence-corrected chi connectivity index (χ1v) is 11.1. The van der Waals surface area contributed by atoms with Crippen LogP contribution in [-0.4, -0.2) is 30.4 Å².